The summed E-state index contributed by atoms with van der Waals surface area (Å²) >= 11 is 3.45. The molecule has 0 bridgehead atoms. The molecule has 0 spiro atoms. The molecule has 1 heterocycles. The average molecular weight is 393 g/mol. The maximum Gasteiger partial charge on any atom is 0.124 e. The molecule has 0 atom stereocenters. The van der Waals surface area contributed by atoms with Crippen molar-refractivity contribution in [2.45, 2.75) is 13.1 Å². The van der Waals surface area contributed by atoms with Crippen molar-refractivity contribution in [1.29, 1.82) is 0 Å². The van der Waals surface area contributed by atoms with Crippen molar-refractivity contribution in [2.75, 3.05) is 38.3 Å². The summed E-state index contributed by atoms with van der Waals surface area (Å²) in [7, 11) is 2.09. The molecule has 3 rings (SSSR count). The fourth-order valence-corrected chi connectivity index (χ4v) is 3.52. The van der Waals surface area contributed by atoms with Gasteiger partial charge < -0.3 is 9.64 Å². The highest BCUT2D eigenvalue weighted by atomic mass is 79.9. The number of rotatable bonds is 5. The van der Waals surface area contributed by atoms with E-state index in [9.17, 15) is 4.39 Å². The summed E-state index contributed by atoms with van der Waals surface area (Å²) in [4.78, 5) is 4.64. The minimum atomic E-state index is -0.217. The van der Waals surface area contributed by atoms with E-state index in [0.29, 0.717) is 0 Å². The normalized spacial score (nSPS) is 15.1. The third-order valence-corrected chi connectivity index (χ3v) is 4.98. The Labute approximate surface area is 151 Å². The molecule has 0 saturated carbocycles. The van der Waals surface area contributed by atoms with Gasteiger partial charge in [0.2, 0.25) is 0 Å². The van der Waals surface area contributed by atoms with E-state index in [1.807, 2.05) is 6.07 Å². The van der Waals surface area contributed by atoms with Gasteiger partial charge in [0.15, 0.2) is 0 Å². The van der Waals surface area contributed by atoms with Gasteiger partial charge in [0.1, 0.15) is 5.82 Å². The van der Waals surface area contributed by atoms with Crippen molar-refractivity contribution in [3.8, 4) is 0 Å². The molecule has 1 aliphatic rings. The molecule has 128 valence electrons. The predicted molar refractivity (Wildman–Crippen MR) is 98.7 cm³/mol. The number of anilines is 1. The fraction of sp³-hybridized carbons (Fsp3) is 0.368. The number of morpholine rings is 1. The highest BCUT2D eigenvalue weighted by molar-refractivity contribution is 9.10. The van der Waals surface area contributed by atoms with Gasteiger partial charge in [-0.2, -0.15) is 0 Å². The van der Waals surface area contributed by atoms with Gasteiger partial charge in [-0.3, -0.25) is 4.90 Å². The molecular formula is C19H22BrFN2O. The molecule has 0 unspecified atom stereocenters. The van der Waals surface area contributed by atoms with Crippen LogP contribution >= 0.6 is 15.9 Å². The first-order valence-electron chi connectivity index (χ1n) is 8.16. The van der Waals surface area contributed by atoms with Crippen LogP contribution in [0.4, 0.5) is 10.1 Å². The van der Waals surface area contributed by atoms with E-state index in [2.05, 4.69) is 57.0 Å². The minimum absolute atomic E-state index is 0.217. The second kappa shape index (κ2) is 8.10. The van der Waals surface area contributed by atoms with Gasteiger partial charge in [0.05, 0.1) is 13.2 Å². The van der Waals surface area contributed by atoms with Crippen LogP contribution in [0.3, 0.4) is 0 Å². The third-order valence-electron chi connectivity index (χ3n) is 4.24. The highest BCUT2D eigenvalue weighted by Gasteiger charge is 2.15. The zero-order chi connectivity index (χ0) is 16.9. The van der Waals surface area contributed by atoms with Crippen LogP contribution in [0.5, 0.6) is 0 Å². The summed E-state index contributed by atoms with van der Waals surface area (Å²) in [6.07, 6.45) is 0. The Balaban J connectivity index is 1.71. The SMILES string of the molecule is CN(Cc1ccc(F)cc1Br)Cc1ccccc1N1CCOCC1. The molecule has 2 aromatic rings. The van der Waals surface area contributed by atoms with Gasteiger partial charge >= 0.3 is 0 Å². The Hall–Kier alpha value is -1.43. The molecule has 0 aromatic heterocycles. The number of hydrogen-bond donors (Lipinski definition) is 0. The van der Waals surface area contributed by atoms with Crippen LogP contribution in [0.25, 0.3) is 0 Å². The summed E-state index contributed by atoms with van der Waals surface area (Å²) in [5, 5.41) is 0. The molecule has 3 nitrogen and oxygen atoms in total. The third kappa shape index (κ3) is 4.35. The molecule has 2 aromatic carbocycles. The first-order valence-corrected chi connectivity index (χ1v) is 8.96. The van der Waals surface area contributed by atoms with Crippen molar-refractivity contribution in [3.63, 3.8) is 0 Å². The summed E-state index contributed by atoms with van der Waals surface area (Å²) in [6.45, 7) is 5.05. The monoisotopic (exact) mass is 392 g/mol. The van der Waals surface area contributed by atoms with Crippen LogP contribution in [0.2, 0.25) is 0 Å². The van der Waals surface area contributed by atoms with Gasteiger partial charge in [0, 0.05) is 36.3 Å². The first kappa shape index (κ1) is 17.4. The molecule has 0 amide bonds. The van der Waals surface area contributed by atoms with Gasteiger partial charge in [-0.1, -0.05) is 40.2 Å². The lowest BCUT2D eigenvalue weighted by Gasteiger charge is -2.31. The van der Waals surface area contributed by atoms with E-state index in [-0.39, 0.29) is 5.82 Å². The molecule has 1 aliphatic heterocycles. The van der Waals surface area contributed by atoms with E-state index in [1.165, 1.54) is 23.4 Å². The topological polar surface area (TPSA) is 15.7 Å². The van der Waals surface area contributed by atoms with Crippen molar-refractivity contribution >= 4 is 21.6 Å². The number of hydrogen-bond acceptors (Lipinski definition) is 3. The van der Waals surface area contributed by atoms with Crippen LogP contribution in [0.1, 0.15) is 11.1 Å². The van der Waals surface area contributed by atoms with Crippen LogP contribution < -0.4 is 4.90 Å². The Morgan fingerprint density at radius 3 is 2.54 bits per heavy atom. The predicted octanol–water partition coefficient (Wildman–Crippen LogP) is 4.06. The lowest BCUT2D eigenvalue weighted by atomic mass is 10.1. The van der Waals surface area contributed by atoms with Crippen LogP contribution in [-0.4, -0.2) is 38.3 Å². The van der Waals surface area contributed by atoms with E-state index in [0.717, 1.165) is 49.4 Å². The van der Waals surface area contributed by atoms with Crippen LogP contribution in [0.15, 0.2) is 46.9 Å². The van der Waals surface area contributed by atoms with Crippen LogP contribution in [0, 0.1) is 5.82 Å². The summed E-state index contributed by atoms with van der Waals surface area (Å²) in [5.74, 6) is -0.217. The molecule has 1 saturated heterocycles. The maximum absolute atomic E-state index is 13.2. The molecule has 0 aliphatic carbocycles. The van der Waals surface area contributed by atoms with E-state index >= 15 is 0 Å². The summed E-state index contributed by atoms with van der Waals surface area (Å²) in [5.41, 5.74) is 3.67. The second-order valence-corrected chi connectivity index (χ2v) is 6.99. The standard InChI is InChI=1S/C19H22BrFN2O/c1-22(13-15-6-7-17(21)12-18(15)20)14-16-4-2-3-5-19(16)23-8-10-24-11-9-23/h2-7,12H,8-11,13-14H2,1H3. The van der Waals surface area contributed by atoms with Gasteiger partial charge in [-0.15, -0.1) is 0 Å². The van der Waals surface area contributed by atoms with Crippen LogP contribution in [-0.2, 0) is 17.8 Å². The zero-order valence-corrected chi connectivity index (χ0v) is 15.4. The average Bonchev–Trinajstić information content (AvgIpc) is 2.59. The van der Waals surface area contributed by atoms with E-state index < -0.39 is 0 Å². The summed E-state index contributed by atoms with van der Waals surface area (Å²) in [6, 6.07) is 13.4. The lowest BCUT2D eigenvalue weighted by Crippen LogP contribution is -2.37. The minimum Gasteiger partial charge on any atom is -0.378 e. The second-order valence-electron chi connectivity index (χ2n) is 6.14. The fourth-order valence-electron chi connectivity index (χ4n) is 3.04. The maximum atomic E-state index is 13.2. The van der Waals surface area contributed by atoms with E-state index in [1.54, 1.807) is 0 Å². The zero-order valence-electron chi connectivity index (χ0n) is 13.8. The Morgan fingerprint density at radius 2 is 1.79 bits per heavy atom. The number of benzene rings is 2. The largest absolute Gasteiger partial charge is 0.378 e. The number of nitrogens with zero attached hydrogens (tertiary/aromatic N) is 2. The van der Waals surface area contributed by atoms with Crippen molar-refractivity contribution in [3.05, 3.63) is 63.9 Å². The quantitative estimate of drug-likeness (QED) is 0.762. The molecule has 0 radical (unpaired) electrons. The van der Waals surface area contributed by atoms with Crippen molar-refractivity contribution < 1.29 is 9.13 Å². The summed E-state index contributed by atoms with van der Waals surface area (Å²) < 4.78 is 19.5. The van der Waals surface area contributed by atoms with Gasteiger partial charge in [-0.05, 0) is 36.4 Å². The Bertz CT molecular complexity index is 689. The van der Waals surface area contributed by atoms with E-state index in [4.69, 9.17) is 4.74 Å². The lowest BCUT2D eigenvalue weighted by molar-refractivity contribution is 0.122. The van der Waals surface area contributed by atoms with Crippen molar-refractivity contribution in [1.82, 2.24) is 4.90 Å². The number of halogens is 2. The van der Waals surface area contributed by atoms with Gasteiger partial charge in [-0.25, -0.2) is 4.39 Å². The number of para-hydroxylation sites is 1. The molecule has 0 N–H and O–H groups in total. The smallest absolute Gasteiger partial charge is 0.124 e. The highest BCUT2D eigenvalue weighted by Crippen LogP contribution is 2.24. The molecule has 24 heavy (non-hydrogen) atoms. The Morgan fingerprint density at radius 1 is 1.08 bits per heavy atom. The molecular weight excluding hydrogens is 371 g/mol. The Kier molecular flexibility index (Phi) is 5.87. The first-order chi connectivity index (χ1) is 11.6. The molecule has 5 heteroatoms. The van der Waals surface area contributed by atoms with Gasteiger partial charge in [0.25, 0.3) is 0 Å². The van der Waals surface area contributed by atoms with Crippen molar-refractivity contribution in [2.24, 2.45) is 0 Å². The number of ether oxygens (including phenoxy) is 1. The molecule has 1 fully saturated rings.